The second-order valence-electron chi connectivity index (χ2n) is 6.26. The molecule has 3 rings (SSSR count). The van der Waals surface area contributed by atoms with Gasteiger partial charge in [0.15, 0.2) is 34.5 Å². The summed E-state index contributed by atoms with van der Waals surface area (Å²) < 4.78 is 29.3. The van der Waals surface area contributed by atoms with E-state index < -0.39 is 0 Å². The largest absolute Gasteiger partial charge is 0.502 e. The topological polar surface area (TPSA) is 116 Å². The Hall–Kier alpha value is -3.71. The van der Waals surface area contributed by atoms with Gasteiger partial charge in [-0.3, -0.25) is 0 Å². The molecule has 0 aromatic heterocycles. The molecule has 0 saturated carbocycles. The van der Waals surface area contributed by atoms with E-state index in [0.29, 0.717) is 34.5 Å². The van der Waals surface area contributed by atoms with E-state index in [1.54, 1.807) is 48.5 Å². The summed E-state index contributed by atoms with van der Waals surface area (Å²) in [6.07, 6.45) is 0. The van der Waals surface area contributed by atoms with Crippen molar-refractivity contribution in [2.75, 3.05) is 42.7 Å². The van der Waals surface area contributed by atoms with E-state index >= 15 is 0 Å². The zero-order valence-electron chi connectivity index (χ0n) is 20.0. The molecule has 3 N–H and O–H groups in total. The van der Waals surface area contributed by atoms with Gasteiger partial charge in [-0.25, -0.2) is 0 Å². The SMILES string of the molecule is COc1ccc(P)c(OC)c1O.COc1cccc(OC)c1O.COc1cccc(OC)c1O. The second-order valence-corrected chi connectivity index (χ2v) is 6.88. The Balaban J connectivity index is 0.000000255. The van der Waals surface area contributed by atoms with Crippen LogP contribution in [0, 0.1) is 0 Å². The first-order valence-electron chi connectivity index (χ1n) is 9.78. The van der Waals surface area contributed by atoms with Crippen LogP contribution in [-0.2, 0) is 0 Å². The van der Waals surface area contributed by atoms with Gasteiger partial charge in [0.25, 0.3) is 0 Å². The number of phenolic OH excluding ortho intramolecular Hbond substituents is 3. The molecule has 0 spiro atoms. The van der Waals surface area contributed by atoms with Crippen LogP contribution in [0.4, 0.5) is 0 Å². The number of aromatic hydroxyl groups is 3. The average molecular weight is 494 g/mol. The van der Waals surface area contributed by atoms with Gasteiger partial charge in [0.2, 0.25) is 17.2 Å². The van der Waals surface area contributed by atoms with Gasteiger partial charge in [0.1, 0.15) is 0 Å². The minimum atomic E-state index is 0.0347. The van der Waals surface area contributed by atoms with E-state index in [4.69, 9.17) is 28.4 Å². The molecule has 1 unspecified atom stereocenters. The number of hydrogen-bond donors (Lipinski definition) is 3. The van der Waals surface area contributed by atoms with E-state index in [1.165, 1.54) is 42.7 Å². The zero-order valence-corrected chi connectivity index (χ0v) is 21.1. The van der Waals surface area contributed by atoms with E-state index in [-0.39, 0.29) is 17.2 Å². The van der Waals surface area contributed by atoms with Crippen LogP contribution in [0.15, 0.2) is 48.5 Å². The lowest BCUT2D eigenvalue weighted by Gasteiger charge is -2.09. The first-order valence-corrected chi connectivity index (χ1v) is 10.4. The first-order chi connectivity index (χ1) is 16.3. The molecule has 0 aliphatic heterocycles. The predicted molar refractivity (Wildman–Crippen MR) is 133 cm³/mol. The smallest absolute Gasteiger partial charge is 0.201 e. The maximum absolute atomic E-state index is 9.51. The van der Waals surface area contributed by atoms with Crippen LogP contribution < -0.4 is 33.7 Å². The normalized spacial score (nSPS) is 9.38. The van der Waals surface area contributed by atoms with Gasteiger partial charge in [0, 0.05) is 5.30 Å². The van der Waals surface area contributed by atoms with Crippen molar-refractivity contribution in [1.82, 2.24) is 0 Å². The summed E-state index contributed by atoms with van der Waals surface area (Å²) in [4.78, 5) is 0. The number of rotatable bonds is 6. The monoisotopic (exact) mass is 494 g/mol. The Kier molecular flexibility index (Phi) is 12.0. The van der Waals surface area contributed by atoms with Crippen LogP contribution in [0.3, 0.4) is 0 Å². The van der Waals surface area contributed by atoms with Crippen molar-refractivity contribution >= 4 is 14.5 Å². The fourth-order valence-corrected chi connectivity index (χ4v) is 2.96. The summed E-state index contributed by atoms with van der Waals surface area (Å²) in [6.45, 7) is 0. The van der Waals surface area contributed by atoms with Crippen LogP contribution in [0.2, 0.25) is 0 Å². The third-order valence-corrected chi connectivity index (χ3v) is 4.81. The maximum Gasteiger partial charge on any atom is 0.201 e. The third-order valence-electron chi connectivity index (χ3n) is 4.35. The molecular weight excluding hydrogens is 463 g/mol. The van der Waals surface area contributed by atoms with Crippen LogP contribution in [0.5, 0.6) is 51.7 Å². The summed E-state index contributed by atoms with van der Waals surface area (Å²) in [5.74, 6) is 2.64. The van der Waals surface area contributed by atoms with E-state index in [1.807, 2.05) is 0 Å². The standard InChI is InChI=1S/C8H11O3P.2C8H10O3/c1-10-5-3-4-6(12)8(11-2)7(5)9;2*1-10-6-4-3-5-7(11-2)8(6)9/h3-4,9H,12H2,1-2H3;2*3-5,9H,1-2H3. The molecule has 0 amide bonds. The van der Waals surface area contributed by atoms with Crippen LogP contribution in [-0.4, -0.2) is 58.0 Å². The van der Waals surface area contributed by atoms with Crippen molar-refractivity contribution < 1.29 is 43.7 Å². The highest BCUT2D eigenvalue weighted by molar-refractivity contribution is 7.27. The molecule has 34 heavy (non-hydrogen) atoms. The summed E-state index contributed by atoms with van der Waals surface area (Å²) in [5.41, 5.74) is 0. The molecule has 1 atom stereocenters. The zero-order chi connectivity index (χ0) is 25.7. The quantitative estimate of drug-likeness (QED) is 0.441. The Labute approximate surface area is 201 Å². The highest BCUT2D eigenvalue weighted by Gasteiger charge is 2.10. The lowest BCUT2D eigenvalue weighted by atomic mass is 10.3. The Morgan fingerprint density at radius 3 is 1.09 bits per heavy atom. The van der Waals surface area contributed by atoms with Crippen molar-refractivity contribution in [1.29, 1.82) is 0 Å². The molecule has 3 aromatic rings. The lowest BCUT2D eigenvalue weighted by molar-refractivity contribution is 0.340. The van der Waals surface area contributed by atoms with Crippen molar-refractivity contribution in [3.05, 3.63) is 48.5 Å². The van der Waals surface area contributed by atoms with Crippen molar-refractivity contribution in [3.63, 3.8) is 0 Å². The fraction of sp³-hybridized carbons (Fsp3) is 0.250. The number of methoxy groups -OCH3 is 6. The van der Waals surface area contributed by atoms with Gasteiger partial charge in [-0.15, -0.1) is 9.24 Å². The molecule has 0 aliphatic rings. The molecule has 0 fully saturated rings. The Morgan fingerprint density at radius 1 is 0.471 bits per heavy atom. The molecule has 0 heterocycles. The van der Waals surface area contributed by atoms with Gasteiger partial charge in [-0.1, -0.05) is 12.1 Å². The van der Waals surface area contributed by atoms with Crippen LogP contribution >= 0.6 is 9.24 Å². The van der Waals surface area contributed by atoms with Crippen LogP contribution in [0.1, 0.15) is 0 Å². The highest BCUT2D eigenvalue weighted by atomic mass is 31.0. The minimum absolute atomic E-state index is 0.0347. The molecule has 9 nitrogen and oxygen atoms in total. The van der Waals surface area contributed by atoms with Crippen LogP contribution in [0.25, 0.3) is 0 Å². The summed E-state index contributed by atoms with van der Waals surface area (Å²) in [5, 5.41) is 29.0. The fourth-order valence-electron chi connectivity index (χ4n) is 2.61. The first kappa shape index (κ1) is 28.3. The van der Waals surface area contributed by atoms with E-state index in [9.17, 15) is 15.3 Å². The average Bonchev–Trinajstić information content (AvgIpc) is 2.85. The molecular formula is C24H31O9P. The summed E-state index contributed by atoms with van der Waals surface area (Å²) in [7, 11) is 11.4. The highest BCUT2D eigenvalue weighted by Crippen LogP contribution is 2.36. The number of phenols is 3. The van der Waals surface area contributed by atoms with E-state index in [0.717, 1.165) is 5.30 Å². The van der Waals surface area contributed by atoms with Crippen molar-refractivity contribution in [2.45, 2.75) is 0 Å². The predicted octanol–water partition coefficient (Wildman–Crippen LogP) is 3.73. The lowest BCUT2D eigenvalue weighted by Crippen LogP contribution is -1.99. The Bertz CT molecular complexity index is 943. The molecule has 0 saturated heterocycles. The molecule has 0 radical (unpaired) electrons. The summed E-state index contributed by atoms with van der Waals surface area (Å²) >= 11 is 0. The number of ether oxygens (including phenoxy) is 6. The number of hydrogen-bond acceptors (Lipinski definition) is 9. The molecule has 0 bridgehead atoms. The number of benzene rings is 3. The summed E-state index contributed by atoms with van der Waals surface area (Å²) in [6, 6.07) is 13.6. The van der Waals surface area contributed by atoms with Crippen molar-refractivity contribution in [3.8, 4) is 51.7 Å². The molecule has 3 aromatic carbocycles. The molecule has 10 heteroatoms. The van der Waals surface area contributed by atoms with Gasteiger partial charge in [-0.05, 0) is 36.4 Å². The minimum Gasteiger partial charge on any atom is -0.502 e. The Morgan fingerprint density at radius 2 is 0.794 bits per heavy atom. The van der Waals surface area contributed by atoms with E-state index in [2.05, 4.69) is 9.24 Å². The maximum atomic E-state index is 9.51. The van der Waals surface area contributed by atoms with Crippen molar-refractivity contribution in [2.24, 2.45) is 0 Å². The van der Waals surface area contributed by atoms with Gasteiger partial charge < -0.3 is 43.7 Å². The van der Waals surface area contributed by atoms with Gasteiger partial charge >= 0.3 is 0 Å². The molecule has 0 aliphatic carbocycles. The molecule has 186 valence electrons. The second kappa shape index (κ2) is 14.4. The van der Waals surface area contributed by atoms with Gasteiger partial charge in [0.05, 0.1) is 42.7 Å². The number of para-hydroxylation sites is 2. The third kappa shape index (κ3) is 7.42. The van der Waals surface area contributed by atoms with Gasteiger partial charge in [-0.2, -0.15) is 0 Å².